The SMILES string of the molecule is O=S(=O)(Nc1cnn(CC2CCCCO2)c1)C1CCCCC1. The number of ether oxygens (including phenoxy) is 1. The average Bonchev–Trinajstić information content (AvgIpc) is 2.95. The van der Waals surface area contributed by atoms with E-state index in [1.807, 2.05) is 0 Å². The molecule has 1 N–H and O–H groups in total. The first-order chi connectivity index (χ1) is 10.6. The van der Waals surface area contributed by atoms with Gasteiger partial charge in [-0.25, -0.2) is 8.42 Å². The van der Waals surface area contributed by atoms with Gasteiger partial charge in [0.15, 0.2) is 0 Å². The smallest absolute Gasteiger partial charge is 0.235 e. The molecule has 1 unspecified atom stereocenters. The number of aromatic nitrogens is 2. The molecule has 0 amide bonds. The average molecular weight is 327 g/mol. The van der Waals surface area contributed by atoms with Crippen LogP contribution in [0.1, 0.15) is 51.4 Å². The van der Waals surface area contributed by atoms with E-state index in [-0.39, 0.29) is 11.4 Å². The van der Waals surface area contributed by atoms with E-state index in [4.69, 9.17) is 4.74 Å². The zero-order valence-electron chi connectivity index (χ0n) is 12.9. The lowest BCUT2D eigenvalue weighted by molar-refractivity contribution is 0.00401. The van der Waals surface area contributed by atoms with Gasteiger partial charge >= 0.3 is 0 Å². The van der Waals surface area contributed by atoms with Crippen molar-refractivity contribution in [1.29, 1.82) is 0 Å². The summed E-state index contributed by atoms with van der Waals surface area (Å²) in [6.07, 6.45) is 11.6. The predicted molar refractivity (Wildman–Crippen MR) is 85.2 cm³/mol. The van der Waals surface area contributed by atoms with E-state index >= 15 is 0 Å². The van der Waals surface area contributed by atoms with E-state index in [0.29, 0.717) is 12.2 Å². The third kappa shape index (κ3) is 4.01. The largest absolute Gasteiger partial charge is 0.376 e. The number of hydrogen-bond donors (Lipinski definition) is 1. The molecule has 2 heterocycles. The van der Waals surface area contributed by atoms with Gasteiger partial charge in [0.1, 0.15) is 0 Å². The Labute approximate surface area is 132 Å². The molecule has 1 aliphatic heterocycles. The minimum absolute atomic E-state index is 0.191. The highest BCUT2D eigenvalue weighted by molar-refractivity contribution is 7.93. The maximum atomic E-state index is 12.4. The number of sulfonamides is 1. The Kier molecular flexibility index (Phi) is 5.03. The van der Waals surface area contributed by atoms with Crippen molar-refractivity contribution in [2.24, 2.45) is 0 Å². The van der Waals surface area contributed by atoms with Crippen LogP contribution in [0, 0.1) is 0 Å². The molecule has 124 valence electrons. The molecule has 7 heteroatoms. The van der Waals surface area contributed by atoms with Crippen LogP contribution in [-0.4, -0.2) is 36.2 Å². The first-order valence-electron chi connectivity index (χ1n) is 8.29. The van der Waals surface area contributed by atoms with E-state index < -0.39 is 10.0 Å². The fourth-order valence-electron chi connectivity index (χ4n) is 3.30. The molecule has 0 aromatic carbocycles. The van der Waals surface area contributed by atoms with Crippen LogP contribution >= 0.6 is 0 Å². The lowest BCUT2D eigenvalue weighted by Crippen LogP contribution is -2.29. The fraction of sp³-hybridized carbons (Fsp3) is 0.800. The third-order valence-corrected chi connectivity index (χ3v) is 6.42. The second-order valence-electron chi connectivity index (χ2n) is 6.35. The number of nitrogens with zero attached hydrogens (tertiary/aromatic N) is 2. The van der Waals surface area contributed by atoms with E-state index in [1.165, 1.54) is 6.42 Å². The highest BCUT2D eigenvalue weighted by atomic mass is 32.2. The lowest BCUT2D eigenvalue weighted by Gasteiger charge is -2.22. The summed E-state index contributed by atoms with van der Waals surface area (Å²) in [5, 5.41) is 3.99. The summed E-state index contributed by atoms with van der Waals surface area (Å²) >= 11 is 0. The van der Waals surface area contributed by atoms with Gasteiger partial charge in [0.25, 0.3) is 0 Å². The van der Waals surface area contributed by atoms with Crippen LogP contribution in [0.3, 0.4) is 0 Å². The number of nitrogens with one attached hydrogen (secondary N) is 1. The van der Waals surface area contributed by atoms with Crippen molar-refractivity contribution in [3.05, 3.63) is 12.4 Å². The molecule has 1 aromatic rings. The third-order valence-electron chi connectivity index (χ3n) is 4.55. The Morgan fingerprint density at radius 1 is 1.18 bits per heavy atom. The lowest BCUT2D eigenvalue weighted by atomic mass is 10.0. The fourth-order valence-corrected chi connectivity index (χ4v) is 4.85. The summed E-state index contributed by atoms with van der Waals surface area (Å²) in [6, 6.07) is 0. The topological polar surface area (TPSA) is 73.2 Å². The molecule has 1 atom stereocenters. The zero-order chi connectivity index (χ0) is 15.4. The first kappa shape index (κ1) is 15.8. The van der Waals surface area contributed by atoms with E-state index in [0.717, 1.165) is 51.6 Å². The van der Waals surface area contributed by atoms with Crippen LogP contribution in [0.5, 0.6) is 0 Å². The number of anilines is 1. The maximum Gasteiger partial charge on any atom is 0.235 e. The summed E-state index contributed by atoms with van der Waals surface area (Å²) in [6.45, 7) is 1.50. The summed E-state index contributed by atoms with van der Waals surface area (Å²) in [4.78, 5) is 0. The molecule has 2 fully saturated rings. The van der Waals surface area contributed by atoms with E-state index in [1.54, 1.807) is 17.1 Å². The Hall–Kier alpha value is -1.08. The van der Waals surface area contributed by atoms with E-state index in [9.17, 15) is 8.42 Å². The molecular weight excluding hydrogens is 302 g/mol. The molecule has 1 saturated heterocycles. The molecule has 6 nitrogen and oxygen atoms in total. The molecule has 22 heavy (non-hydrogen) atoms. The molecule has 0 spiro atoms. The minimum atomic E-state index is -3.29. The van der Waals surface area contributed by atoms with Crippen LogP contribution in [0.25, 0.3) is 0 Å². The molecule has 0 radical (unpaired) electrons. The van der Waals surface area contributed by atoms with Crippen LogP contribution in [-0.2, 0) is 21.3 Å². The van der Waals surface area contributed by atoms with Gasteiger partial charge < -0.3 is 4.74 Å². The monoisotopic (exact) mass is 327 g/mol. The van der Waals surface area contributed by atoms with Crippen molar-refractivity contribution >= 4 is 15.7 Å². The molecule has 3 rings (SSSR count). The van der Waals surface area contributed by atoms with Crippen molar-refractivity contribution < 1.29 is 13.2 Å². The van der Waals surface area contributed by atoms with Crippen molar-refractivity contribution in [2.45, 2.75) is 69.3 Å². The normalized spacial score (nSPS) is 24.3. The van der Waals surface area contributed by atoms with Crippen molar-refractivity contribution in [2.75, 3.05) is 11.3 Å². The summed E-state index contributed by atoms with van der Waals surface area (Å²) in [5.41, 5.74) is 0.557. The Balaban J connectivity index is 1.58. The quantitative estimate of drug-likeness (QED) is 0.902. The predicted octanol–water partition coefficient (Wildman–Crippen LogP) is 2.53. The van der Waals surface area contributed by atoms with E-state index in [2.05, 4.69) is 9.82 Å². The van der Waals surface area contributed by atoms with Gasteiger partial charge in [0.2, 0.25) is 10.0 Å². The summed E-state index contributed by atoms with van der Waals surface area (Å²) < 4.78 is 34.9. The van der Waals surface area contributed by atoms with Gasteiger partial charge in [-0.3, -0.25) is 9.40 Å². The van der Waals surface area contributed by atoms with Crippen molar-refractivity contribution in [1.82, 2.24) is 9.78 Å². The van der Waals surface area contributed by atoms with Crippen molar-refractivity contribution in [3.8, 4) is 0 Å². The first-order valence-corrected chi connectivity index (χ1v) is 9.84. The summed E-state index contributed by atoms with van der Waals surface area (Å²) in [7, 11) is -3.29. The van der Waals surface area contributed by atoms with Crippen LogP contribution < -0.4 is 4.72 Å². The van der Waals surface area contributed by atoms with Crippen molar-refractivity contribution in [3.63, 3.8) is 0 Å². The highest BCUT2D eigenvalue weighted by Crippen LogP contribution is 2.25. The molecular formula is C15H25N3O3S. The van der Waals surface area contributed by atoms with Crippen LogP contribution in [0.15, 0.2) is 12.4 Å². The standard InChI is InChI=1S/C15H25N3O3S/c19-22(20,15-7-2-1-3-8-15)17-13-10-16-18(11-13)12-14-6-4-5-9-21-14/h10-11,14-15,17H,1-9,12H2. The molecule has 0 bridgehead atoms. The van der Waals surface area contributed by atoms with Gasteiger partial charge in [-0.05, 0) is 32.1 Å². The zero-order valence-corrected chi connectivity index (χ0v) is 13.7. The Morgan fingerprint density at radius 3 is 2.68 bits per heavy atom. The Bertz CT molecular complexity index is 573. The molecule has 1 aromatic heterocycles. The second kappa shape index (κ2) is 7.00. The van der Waals surface area contributed by atoms with Gasteiger partial charge in [-0.2, -0.15) is 5.10 Å². The highest BCUT2D eigenvalue weighted by Gasteiger charge is 2.27. The van der Waals surface area contributed by atoms with Gasteiger partial charge in [-0.15, -0.1) is 0 Å². The van der Waals surface area contributed by atoms with Crippen LogP contribution in [0.4, 0.5) is 5.69 Å². The van der Waals surface area contributed by atoms with Gasteiger partial charge in [0.05, 0.1) is 29.8 Å². The Morgan fingerprint density at radius 2 is 1.95 bits per heavy atom. The number of rotatable bonds is 5. The van der Waals surface area contributed by atoms with Gasteiger partial charge in [-0.1, -0.05) is 19.3 Å². The maximum absolute atomic E-state index is 12.4. The van der Waals surface area contributed by atoms with Gasteiger partial charge in [0, 0.05) is 12.8 Å². The molecule has 2 aliphatic rings. The molecule has 1 saturated carbocycles. The summed E-state index contributed by atoms with van der Waals surface area (Å²) in [5.74, 6) is 0. The molecule has 1 aliphatic carbocycles. The number of hydrogen-bond acceptors (Lipinski definition) is 4. The minimum Gasteiger partial charge on any atom is -0.376 e. The van der Waals surface area contributed by atoms with Crippen LogP contribution in [0.2, 0.25) is 0 Å². The second-order valence-corrected chi connectivity index (χ2v) is 8.31.